The lowest BCUT2D eigenvalue weighted by Crippen LogP contribution is -2.21. The lowest BCUT2D eigenvalue weighted by atomic mass is 10.0. The third-order valence-corrected chi connectivity index (χ3v) is 2.82. The van der Waals surface area contributed by atoms with Gasteiger partial charge in [-0.2, -0.15) is 13.2 Å². The van der Waals surface area contributed by atoms with Crippen LogP contribution < -0.4 is 10.5 Å². The van der Waals surface area contributed by atoms with Crippen LogP contribution in [0.2, 0.25) is 0 Å². The lowest BCUT2D eigenvalue weighted by molar-refractivity contribution is -0.137. The van der Waals surface area contributed by atoms with Gasteiger partial charge in [-0.05, 0) is 37.5 Å². The molecule has 21 heavy (non-hydrogen) atoms. The monoisotopic (exact) mass is 304 g/mol. The molecule has 0 fully saturated rings. The molecule has 4 nitrogen and oxygen atoms in total. The summed E-state index contributed by atoms with van der Waals surface area (Å²) < 4.78 is 44.6. The van der Waals surface area contributed by atoms with Gasteiger partial charge in [-0.1, -0.05) is 19.0 Å². The summed E-state index contributed by atoms with van der Waals surface area (Å²) >= 11 is 0. The van der Waals surface area contributed by atoms with Crippen molar-refractivity contribution in [2.75, 3.05) is 0 Å². The highest BCUT2D eigenvalue weighted by atomic mass is 19.4. The minimum Gasteiger partial charge on any atom is -0.491 e. The Morgan fingerprint density at radius 2 is 1.95 bits per heavy atom. The van der Waals surface area contributed by atoms with Crippen molar-refractivity contribution in [3.8, 4) is 5.75 Å². The molecule has 0 bridgehead atoms. The molecular formula is C14H19F3N2O2. The quantitative estimate of drug-likeness (QED) is 0.378. The van der Waals surface area contributed by atoms with Crippen LogP contribution in [0.25, 0.3) is 0 Å². The first-order valence-electron chi connectivity index (χ1n) is 6.51. The first-order chi connectivity index (χ1) is 9.65. The highest BCUT2D eigenvalue weighted by Crippen LogP contribution is 2.34. The van der Waals surface area contributed by atoms with E-state index < -0.39 is 17.6 Å². The molecule has 1 aromatic carbocycles. The summed E-state index contributed by atoms with van der Waals surface area (Å²) in [4.78, 5) is 0. The second-order valence-electron chi connectivity index (χ2n) is 5.25. The number of nitrogens with zero attached hydrogens (tertiary/aromatic N) is 1. The Morgan fingerprint density at radius 1 is 1.33 bits per heavy atom. The average molecular weight is 304 g/mol. The zero-order valence-corrected chi connectivity index (χ0v) is 12.1. The van der Waals surface area contributed by atoms with Crippen molar-refractivity contribution in [3.05, 3.63) is 29.3 Å². The first kappa shape index (κ1) is 17.1. The second kappa shape index (κ2) is 6.69. The molecule has 0 amide bonds. The fourth-order valence-electron chi connectivity index (χ4n) is 2.05. The Hall–Kier alpha value is -1.92. The number of oxime groups is 1. The van der Waals surface area contributed by atoms with Gasteiger partial charge in [-0.15, -0.1) is 0 Å². The molecule has 0 spiro atoms. The van der Waals surface area contributed by atoms with E-state index in [1.807, 2.05) is 13.8 Å². The molecule has 0 heterocycles. The molecule has 3 N–H and O–H groups in total. The van der Waals surface area contributed by atoms with Gasteiger partial charge in [0.15, 0.2) is 5.84 Å². The molecule has 1 unspecified atom stereocenters. The molecule has 7 heteroatoms. The predicted molar refractivity (Wildman–Crippen MR) is 73.5 cm³/mol. The van der Waals surface area contributed by atoms with E-state index >= 15 is 0 Å². The molecular weight excluding hydrogens is 285 g/mol. The van der Waals surface area contributed by atoms with Gasteiger partial charge in [0.1, 0.15) is 5.75 Å². The number of ether oxygens (including phenoxy) is 1. The second-order valence-corrected chi connectivity index (χ2v) is 5.25. The van der Waals surface area contributed by atoms with Gasteiger partial charge in [0.25, 0.3) is 0 Å². The number of benzene rings is 1. The fourth-order valence-corrected chi connectivity index (χ4v) is 2.05. The van der Waals surface area contributed by atoms with Crippen LogP contribution in [0, 0.1) is 5.92 Å². The van der Waals surface area contributed by atoms with Gasteiger partial charge in [0, 0.05) is 5.56 Å². The molecule has 0 saturated heterocycles. The van der Waals surface area contributed by atoms with Crippen LogP contribution in [0.1, 0.15) is 38.3 Å². The van der Waals surface area contributed by atoms with Crippen molar-refractivity contribution >= 4 is 5.84 Å². The molecule has 1 aromatic rings. The zero-order valence-electron chi connectivity index (χ0n) is 12.1. The van der Waals surface area contributed by atoms with Crippen LogP contribution in [0.5, 0.6) is 5.75 Å². The predicted octanol–water partition coefficient (Wildman–Crippen LogP) is 3.61. The van der Waals surface area contributed by atoms with E-state index in [9.17, 15) is 13.2 Å². The Bertz CT molecular complexity index is 513. The third kappa shape index (κ3) is 4.84. The molecule has 118 valence electrons. The van der Waals surface area contributed by atoms with Crippen LogP contribution in [0.4, 0.5) is 13.2 Å². The maximum absolute atomic E-state index is 13.0. The van der Waals surface area contributed by atoms with Crippen molar-refractivity contribution in [3.63, 3.8) is 0 Å². The number of hydrogen-bond donors (Lipinski definition) is 2. The fraction of sp³-hybridized carbons (Fsp3) is 0.500. The number of amidine groups is 1. The Labute approximate surface area is 121 Å². The van der Waals surface area contributed by atoms with Crippen molar-refractivity contribution in [1.82, 2.24) is 0 Å². The molecule has 0 radical (unpaired) electrons. The standard InChI is InChI=1S/C14H19F3N2O2/c1-8(2)6-9(3)21-10-4-5-11(13(18)19-20)12(7-10)14(15,16)17/h4-5,7-9,20H,6H2,1-3H3,(H2,18,19). The lowest BCUT2D eigenvalue weighted by Gasteiger charge is -2.19. The largest absolute Gasteiger partial charge is 0.491 e. The van der Waals surface area contributed by atoms with Gasteiger partial charge in [0.05, 0.1) is 11.7 Å². The molecule has 0 aliphatic rings. The van der Waals surface area contributed by atoms with Crippen molar-refractivity contribution in [2.24, 2.45) is 16.8 Å². The van der Waals surface area contributed by atoms with E-state index in [0.29, 0.717) is 5.92 Å². The number of halogens is 3. The normalized spacial score (nSPS) is 14.3. The Balaban J connectivity index is 3.11. The summed E-state index contributed by atoms with van der Waals surface area (Å²) in [5, 5.41) is 11.2. The number of alkyl halides is 3. The van der Waals surface area contributed by atoms with Crippen LogP contribution >= 0.6 is 0 Å². The van der Waals surface area contributed by atoms with Gasteiger partial charge in [-0.3, -0.25) is 0 Å². The summed E-state index contributed by atoms with van der Waals surface area (Å²) in [6.07, 6.45) is -4.10. The Kier molecular flexibility index (Phi) is 5.46. The van der Waals surface area contributed by atoms with Gasteiger partial charge < -0.3 is 15.7 Å². The van der Waals surface area contributed by atoms with Crippen LogP contribution in [0.3, 0.4) is 0 Å². The van der Waals surface area contributed by atoms with Gasteiger partial charge in [-0.25, -0.2) is 0 Å². The first-order valence-corrected chi connectivity index (χ1v) is 6.51. The zero-order chi connectivity index (χ0) is 16.2. The third-order valence-electron chi connectivity index (χ3n) is 2.82. The minimum atomic E-state index is -4.62. The van der Waals surface area contributed by atoms with E-state index in [0.717, 1.165) is 18.6 Å². The summed E-state index contributed by atoms with van der Waals surface area (Å²) in [6.45, 7) is 5.80. The summed E-state index contributed by atoms with van der Waals surface area (Å²) in [7, 11) is 0. The van der Waals surface area contributed by atoms with Crippen molar-refractivity contribution < 1.29 is 23.1 Å². The Morgan fingerprint density at radius 3 is 2.43 bits per heavy atom. The highest BCUT2D eigenvalue weighted by Gasteiger charge is 2.35. The summed E-state index contributed by atoms with van der Waals surface area (Å²) in [5.41, 5.74) is 3.89. The molecule has 0 saturated carbocycles. The van der Waals surface area contributed by atoms with Crippen LogP contribution in [-0.4, -0.2) is 17.1 Å². The molecule has 1 rings (SSSR count). The van der Waals surface area contributed by atoms with E-state index in [-0.39, 0.29) is 17.4 Å². The molecule has 0 aliphatic carbocycles. The van der Waals surface area contributed by atoms with Crippen LogP contribution in [-0.2, 0) is 6.18 Å². The van der Waals surface area contributed by atoms with Crippen molar-refractivity contribution in [2.45, 2.75) is 39.5 Å². The van der Waals surface area contributed by atoms with E-state index in [1.165, 1.54) is 6.07 Å². The molecule has 1 atom stereocenters. The van der Waals surface area contributed by atoms with E-state index in [2.05, 4.69) is 5.16 Å². The van der Waals surface area contributed by atoms with E-state index in [4.69, 9.17) is 15.7 Å². The van der Waals surface area contributed by atoms with Crippen molar-refractivity contribution in [1.29, 1.82) is 0 Å². The number of nitrogens with two attached hydrogens (primary N) is 1. The molecule has 0 aliphatic heterocycles. The topological polar surface area (TPSA) is 67.8 Å². The highest BCUT2D eigenvalue weighted by molar-refractivity contribution is 5.98. The smallest absolute Gasteiger partial charge is 0.417 e. The molecule has 0 aromatic heterocycles. The van der Waals surface area contributed by atoms with Gasteiger partial charge in [0.2, 0.25) is 0 Å². The SMILES string of the molecule is CC(C)CC(C)Oc1ccc(/C(N)=N/O)c(C(F)(F)F)c1. The maximum atomic E-state index is 13.0. The summed E-state index contributed by atoms with van der Waals surface area (Å²) in [6, 6.07) is 3.37. The number of hydrogen-bond acceptors (Lipinski definition) is 3. The minimum absolute atomic E-state index is 0.102. The van der Waals surface area contributed by atoms with Gasteiger partial charge >= 0.3 is 6.18 Å². The summed E-state index contributed by atoms with van der Waals surface area (Å²) in [5.74, 6) is -0.118. The maximum Gasteiger partial charge on any atom is 0.417 e. The van der Waals surface area contributed by atoms with Crippen LogP contribution in [0.15, 0.2) is 23.4 Å². The number of rotatable bonds is 5. The van der Waals surface area contributed by atoms with E-state index in [1.54, 1.807) is 6.92 Å². The average Bonchev–Trinajstić information content (AvgIpc) is 2.35.